The Morgan fingerprint density at radius 1 is 1.19 bits per heavy atom. The van der Waals surface area contributed by atoms with Crippen LogP contribution in [0.15, 0.2) is 53.4 Å². The van der Waals surface area contributed by atoms with Gasteiger partial charge in [0.05, 0.1) is 27.2 Å². The van der Waals surface area contributed by atoms with Gasteiger partial charge in [-0.3, -0.25) is 0 Å². The van der Waals surface area contributed by atoms with Crippen molar-refractivity contribution >= 4 is 27.0 Å². The zero-order chi connectivity index (χ0) is 19.8. The predicted molar refractivity (Wildman–Crippen MR) is 107 cm³/mol. The molecule has 2 aromatic carbocycles. The van der Waals surface area contributed by atoms with E-state index >= 15 is 0 Å². The van der Waals surface area contributed by atoms with Crippen molar-refractivity contribution in [3.63, 3.8) is 0 Å². The molecule has 1 fully saturated rings. The Bertz CT molecular complexity index is 942. The van der Waals surface area contributed by atoms with Crippen LogP contribution in [0.3, 0.4) is 0 Å². The maximum absolute atomic E-state index is 13.4. The minimum absolute atomic E-state index is 0.103. The number of aryl methyl sites for hydroxylation is 1. The highest BCUT2D eigenvalue weighted by atomic mass is 32.2. The zero-order valence-corrected chi connectivity index (χ0v) is 16.8. The molecule has 0 radical (unpaired) electrons. The van der Waals surface area contributed by atoms with Crippen molar-refractivity contribution in [2.45, 2.75) is 29.9 Å². The van der Waals surface area contributed by atoms with Crippen molar-refractivity contribution in [1.82, 2.24) is 0 Å². The SMILES string of the molecule is CCOC[C@]1(C(N)=S)[C@@H](c2ccc(F)cc2)[C@@H]1S(=O)(=O)c1ccc(C)cc1. The fraction of sp³-hybridized carbons (Fsp3) is 0.350. The number of sulfone groups is 1. The van der Waals surface area contributed by atoms with Gasteiger partial charge in [0.25, 0.3) is 0 Å². The van der Waals surface area contributed by atoms with Crippen molar-refractivity contribution in [2.24, 2.45) is 11.1 Å². The van der Waals surface area contributed by atoms with Crippen LogP contribution in [-0.4, -0.2) is 31.9 Å². The first-order valence-electron chi connectivity index (χ1n) is 8.69. The van der Waals surface area contributed by atoms with E-state index in [0.717, 1.165) is 5.56 Å². The predicted octanol–water partition coefficient (Wildman–Crippen LogP) is 3.38. The first-order valence-corrected chi connectivity index (χ1v) is 10.6. The van der Waals surface area contributed by atoms with E-state index in [1.807, 2.05) is 13.8 Å². The second-order valence-electron chi connectivity index (χ2n) is 6.85. The van der Waals surface area contributed by atoms with Gasteiger partial charge in [0.15, 0.2) is 9.84 Å². The van der Waals surface area contributed by atoms with Crippen molar-refractivity contribution in [3.05, 3.63) is 65.5 Å². The Balaban J connectivity index is 2.10. The van der Waals surface area contributed by atoms with Gasteiger partial charge >= 0.3 is 0 Å². The molecule has 0 aromatic heterocycles. The van der Waals surface area contributed by atoms with Gasteiger partial charge < -0.3 is 10.5 Å². The average Bonchev–Trinajstić information content (AvgIpc) is 3.32. The van der Waals surface area contributed by atoms with Gasteiger partial charge in [0, 0.05) is 12.5 Å². The molecule has 0 amide bonds. The number of hydrogen-bond donors (Lipinski definition) is 1. The zero-order valence-electron chi connectivity index (χ0n) is 15.2. The summed E-state index contributed by atoms with van der Waals surface area (Å²) in [5.74, 6) is -0.864. The van der Waals surface area contributed by atoms with Gasteiger partial charge in [0.2, 0.25) is 0 Å². The molecule has 1 aliphatic carbocycles. The van der Waals surface area contributed by atoms with Crippen LogP contribution in [0.25, 0.3) is 0 Å². The molecule has 0 spiro atoms. The molecule has 1 aliphatic rings. The Morgan fingerprint density at radius 3 is 2.30 bits per heavy atom. The summed E-state index contributed by atoms with van der Waals surface area (Å²) in [6.07, 6.45) is 0. The summed E-state index contributed by atoms with van der Waals surface area (Å²) >= 11 is 5.29. The highest BCUT2D eigenvalue weighted by Crippen LogP contribution is 2.64. The van der Waals surface area contributed by atoms with Crippen molar-refractivity contribution in [3.8, 4) is 0 Å². The Labute approximate surface area is 164 Å². The van der Waals surface area contributed by atoms with E-state index in [1.165, 1.54) is 12.1 Å². The lowest BCUT2D eigenvalue weighted by Gasteiger charge is -2.17. The number of nitrogens with two attached hydrogens (primary N) is 1. The normalized spacial score (nSPS) is 24.6. The molecule has 2 N–H and O–H groups in total. The van der Waals surface area contributed by atoms with Crippen LogP contribution in [0, 0.1) is 18.2 Å². The van der Waals surface area contributed by atoms with E-state index in [0.29, 0.717) is 12.2 Å². The van der Waals surface area contributed by atoms with Crippen LogP contribution in [0.1, 0.15) is 24.0 Å². The molecule has 0 unspecified atom stereocenters. The monoisotopic (exact) mass is 407 g/mol. The maximum Gasteiger partial charge on any atom is 0.182 e. The lowest BCUT2D eigenvalue weighted by atomic mass is 10.00. The molecule has 27 heavy (non-hydrogen) atoms. The van der Waals surface area contributed by atoms with Crippen LogP contribution in [0.5, 0.6) is 0 Å². The first kappa shape index (κ1) is 19.9. The third kappa shape index (κ3) is 3.39. The fourth-order valence-corrected chi connectivity index (χ4v) is 6.46. The molecule has 0 saturated heterocycles. The second-order valence-corrected chi connectivity index (χ2v) is 9.36. The van der Waals surface area contributed by atoms with Gasteiger partial charge in [-0.15, -0.1) is 0 Å². The van der Waals surface area contributed by atoms with E-state index in [-0.39, 0.29) is 22.3 Å². The molecule has 3 atom stereocenters. The van der Waals surface area contributed by atoms with E-state index in [1.54, 1.807) is 36.4 Å². The van der Waals surface area contributed by atoms with Crippen LogP contribution in [-0.2, 0) is 14.6 Å². The van der Waals surface area contributed by atoms with Crippen LogP contribution >= 0.6 is 12.2 Å². The molecule has 1 saturated carbocycles. The summed E-state index contributed by atoms with van der Waals surface area (Å²) in [6, 6.07) is 12.5. The molecule has 144 valence electrons. The molecular weight excluding hydrogens is 385 g/mol. The number of hydrogen-bond acceptors (Lipinski definition) is 4. The third-order valence-corrected chi connectivity index (χ3v) is 7.84. The molecule has 0 heterocycles. The molecule has 0 bridgehead atoms. The topological polar surface area (TPSA) is 69.4 Å². The van der Waals surface area contributed by atoms with Gasteiger partial charge in [-0.2, -0.15) is 0 Å². The Morgan fingerprint density at radius 2 is 1.78 bits per heavy atom. The van der Waals surface area contributed by atoms with Crippen LogP contribution in [0.4, 0.5) is 4.39 Å². The number of rotatable bonds is 7. The molecule has 3 rings (SSSR count). The van der Waals surface area contributed by atoms with Gasteiger partial charge in [-0.1, -0.05) is 42.0 Å². The van der Waals surface area contributed by atoms with Gasteiger partial charge in [0.1, 0.15) is 5.82 Å². The lowest BCUT2D eigenvalue weighted by Crippen LogP contribution is -2.33. The smallest absolute Gasteiger partial charge is 0.182 e. The van der Waals surface area contributed by atoms with Crippen LogP contribution in [0.2, 0.25) is 0 Å². The van der Waals surface area contributed by atoms with E-state index < -0.39 is 26.4 Å². The largest absolute Gasteiger partial charge is 0.393 e. The Kier molecular flexibility index (Phi) is 5.38. The van der Waals surface area contributed by atoms with Crippen LogP contribution < -0.4 is 5.73 Å². The standard InChI is InChI=1S/C20H22FNO3S2/c1-3-25-12-20(19(22)26)17(14-6-8-15(21)9-7-14)18(20)27(23,24)16-10-4-13(2)5-11-16/h4-11,17-18H,3,12H2,1-2H3,(H2,22,26)/t17-,18-,20-/m0/s1. The highest BCUT2D eigenvalue weighted by Gasteiger charge is 2.73. The van der Waals surface area contributed by atoms with E-state index in [9.17, 15) is 12.8 Å². The number of halogens is 1. The quantitative estimate of drug-likeness (QED) is 0.713. The highest BCUT2D eigenvalue weighted by molar-refractivity contribution is 7.92. The molecule has 7 heteroatoms. The summed E-state index contributed by atoms with van der Waals surface area (Å²) in [5.41, 5.74) is 6.68. The molecule has 4 nitrogen and oxygen atoms in total. The Hall–Kier alpha value is -1.83. The van der Waals surface area contributed by atoms with E-state index in [2.05, 4.69) is 0 Å². The number of benzene rings is 2. The first-order chi connectivity index (χ1) is 12.7. The summed E-state index contributed by atoms with van der Waals surface area (Å²) in [6.45, 7) is 4.24. The fourth-order valence-electron chi connectivity index (χ4n) is 3.69. The third-order valence-electron chi connectivity index (χ3n) is 5.17. The lowest BCUT2D eigenvalue weighted by molar-refractivity contribution is 0.121. The maximum atomic E-state index is 13.4. The minimum Gasteiger partial charge on any atom is -0.393 e. The number of thiocarbonyl (C=S) groups is 1. The molecular formula is C20H22FNO3S2. The van der Waals surface area contributed by atoms with Crippen molar-refractivity contribution in [2.75, 3.05) is 13.2 Å². The van der Waals surface area contributed by atoms with Crippen molar-refractivity contribution in [1.29, 1.82) is 0 Å². The van der Waals surface area contributed by atoms with Crippen molar-refractivity contribution < 1.29 is 17.5 Å². The summed E-state index contributed by atoms with van der Waals surface area (Å²) in [7, 11) is -3.71. The number of ether oxygens (including phenoxy) is 1. The van der Waals surface area contributed by atoms with Gasteiger partial charge in [-0.25, -0.2) is 12.8 Å². The minimum atomic E-state index is -3.71. The average molecular weight is 408 g/mol. The van der Waals surface area contributed by atoms with Gasteiger partial charge in [-0.05, 0) is 43.7 Å². The summed E-state index contributed by atoms with van der Waals surface area (Å²) < 4.78 is 45.7. The second kappa shape index (κ2) is 7.30. The summed E-state index contributed by atoms with van der Waals surface area (Å²) in [4.78, 5) is 0.325. The molecule has 0 aliphatic heterocycles. The van der Waals surface area contributed by atoms with E-state index in [4.69, 9.17) is 22.7 Å². The summed E-state index contributed by atoms with van der Waals surface area (Å²) in [5, 5.41) is -0.845. The molecule has 2 aromatic rings.